The van der Waals surface area contributed by atoms with Crippen molar-refractivity contribution in [2.75, 3.05) is 27.7 Å². The largest absolute Gasteiger partial charge is 0.509 e. The number of nitrogens with zero attached hydrogens (tertiary/aromatic N) is 5. The highest BCUT2D eigenvalue weighted by Crippen LogP contribution is 2.40. The Hall–Kier alpha value is -4.40. The van der Waals surface area contributed by atoms with Gasteiger partial charge in [0.1, 0.15) is 30.6 Å². The summed E-state index contributed by atoms with van der Waals surface area (Å²) < 4.78 is 37.9. The Morgan fingerprint density at radius 3 is 2.37 bits per heavy atom. The van der Waals surface area contributed by atoms with E-state index >= 15 is 0 Å². The minimum absolute atomic E-state index is 0.145. The van der Waals surface area contributed by atoms with Gasteiger partial charge in [0.25, 0.3) is 5.91 Å². The first-order valence-corrected chi connectivity index (χ1v) is 23.0. The molecule has 0 radical (unpaired) electrons. The van der Waals surface area contributed by atoms with Gasteiger partial charge in [-0.3, -0.25) is 19.9 Å². The fourth-order valence-electron chi connectivity index (χ4n) is 9.74. The lowest BCUT2D eigenvalue weighted by molar-refractivity contribution is -0.299. The van der Waals surface area contributed by atoms with E-state index in [0.717, 1.165) is 24.8 Å². The van der Waals surface area contributed by atoms with Crippen molar-refractivity contribution in [1.82, 2.24) is 35.6 Å². The molecule has 19 heteroatoms. The van der Waals surface area contributed by atoms with Gasteiger partial charge in [-0.2, -0.15) is 0 Å². The van der Waals surface area contributed by atoms with Crippen LogP contribution in [0.1, 0.15) is 100.0 Å². The summed E-state index contributed by atoms with van der Waals surface area (Å²) in [6.45, 7) is 16.3. The van der Waals surface area contributed by atoms with Crippen LogP contribution >= 0.6 is 0 Å². The Labute approximate surface area is 383 Å². The quantitative estimate of drug-likeness (QED) is 0.141. The summed E-state index contributed by atoms with van der Waals surface area (Å²) in [5.41, 5.74) is 4.17. The van der Waals surface area contributed by atoms with Crippen molar-refractivity contribution in [3.8, 4) is 11.3 Å². The smallest absolute Gasteiger partial charge is 0.458 e. The summed E-state index contributed by atoms with van der Waals surface area (Å²) in [4.78, 5) is 57.9. The summed E-state index contributed by atoms with van der Waals surface area (Å²) >= 11 is 0. The average molecular weight is 916 g/mol. The van der Waals surface area contributed by atoms with Gasteiger partial charge in [0, 0.05) is 30.1 Å². The summed E-state index contributed by atoms with van der Waals surface area (Å²) in [7, 11) is 5.57. The number of cyclic esters (lactones) is 1. The molecular weight excluding hydrogens is 843 g/mol. The second-order valence-corrected chi connectivity index (χ2v) is 19.2. The molecule has 2 aromatic rings. The predicted octanol–water partition coefficient (Wildman–Crippen LogP) is 4.22. The fourth-order valence-corrected chi connectivity index (χ4v) is 9.74. The Morgan fingerprint density at radius 1 is 1.03 bits per heavy atom. The second kappa shape index (κ2) is 21.9. The van der Waals surface area contributed by atoms with Crippen LogP contribution in [0.2, 0.25) is 0 Å². The van der Waals surface area contributed by atoms with Crippen LogP contribution < -0.4 is 10.9 Å². The van der Waals surface area contributed by atoms with E-state index < -0.39 is 90.0 Å². The third-order valence-electron chi connectivity index (χ3n) is 13.3. The zero-order valence-corrected chi connectivity index (χ0v) is 40.2. The Kier molecular flexibility index (Phi) is 17.4. The molecule has 5 rings (SSSR count). The van der Waals surface area contributed by atoms with Crippen molar-refractivity contribution in [2.24, 2.45) is 17.8 Å². The van der Waals surface area contributed by atoms with Crippen LogP contribution in [0.3, 0.4) is 0 Å². The minimum Gasteiger partial charge on any atom is -0.458 e. The monoisotopic (exact) mass is 916 g/mol. The van der Waals surface area contributed by atoms with E-state index in [9.17, 15) is 29.4 Å². The number of esters is 1. The number of aliphatic hydroxyl groups is 2. The molecule has 14 atom stereocenters. The Balaban J connectivity index is 1.42. The predicted molar refractivity (Wildman–Crippen MR) is 238 cm³/mol. The number of hydrogen-bond acceptors (Lipinski definition) is 16. The molecule has 1 aromatic carbocycles. The number of aromatic nitrogens is 3. The van der Waals surface area contributed by atoms with E-state index in [0.29, 0.717) is 18.7 Å². The van der Waals surface area contributed by atoms with Crippen molar-refractivity contribution in [1.29, 1.82) is 0 Å². The molecule has 364 valence electrons. The van der Waals surface area contributed by atoms with Crippen molar-refractivity contribution >= 4 is 24.1 Å². The standard InChI is InChI=1S/C46H73N7O12/c1-13-15-16-31-17-19-32(20-18-31)33-24-53(50-47-33)25-36(54)48-49-43(57)62-38-28(5)39(63-42-37(55)34(51(10)11)21-27(4)60-42)45(8,59)22-26(3)23-52(12)30(7)40-46(9,65-44(58)64-40)35(14-2)61-41(56)29(38)6/h17-20,24,26-30,34-35,37-40,42,55,59H,13-16,21-23,25H2,1-12H3,(H,48,54)(H,49,57)/t26-,27-,28+,29-,30-,34+,35-,37-,38+,39-,40-,42+,45-,46-/m1/s1. The number of rotatable bonds is 11. The van der Waals surface area contributed by atoms with E-state index in [4.69, 9.17) is 28.4 Å². The van der Waals surface area contributed by atoms with Crippen LogP contribution in [0, 0.1) is 17.8 Å². The third-order valence-corrected chi connectivity index (χ3v) is 13.3. The molecule has 4 N–H and O–H groups in total. The van der Waals surface area contributed by atoms with Crippen molar-refractivity contribution < 1.29 is 57.8 Å². The molecule has 0 spiro atoms. The van der Waals surface area contributed by atoms with Crippen LogP contribution in [-0.4, -0.2) is 153 Å². The highest BCUT2D eigenvalue weighted by Gasteiger charge is 2.58. The van der Waals surface area contributed by atoms with Gasteiger partial charge < -0.3 is 43.5 Å². The van der Waals surface area contributed by atoms with Gasteiger partial charge in [0.2, 0.25) is 0 Å². The number of likely N-dealkylation sites (N-methyl/N-ethyl adjacent to an activating group) is 2. The molecule has 3 aliphatic heterocycles. The van der Waals surface area contributed by atoms with Crippen molar-refractivity contribution in [2.45, 2.75) is 174 Å². The van der Waals surface area contributed by atoms with Crippen LogP contribution in [0.5, 0.6) is 0 Å². The average Bonchev–Trinajstić information content (AvgIpc) is 3.84. The SMILES string of the molecule is CCCCc1ccc(-c2cn(CC(=O)NNC(=O)O[C@H]3[C@H](C)[C@@H](O[C@@H]4O[C@H](C)C[C@H](N(C)C)[C@H]4O)[C@](C)(O)C[C@@H](C)CN(C)[C@H](C)[C@H]4OC(=O)O[C@]4(C)[C@@H](CC)OC(=O)[C@@H]3C)nn2)cc1. The normalized spacial score (nSPS) is 35.2. The zero-order valence-electron chi connectivity index (χ0n) is 40.2. The molecule has 0 aliphatic carbocycles. The number of nitrogens with one attached hydrogen (secondary N) is 2. The van der Waals surface area contributed by atoms with Crippen molar-refractivity contribution in [3.05, 3.63) is 36.0 Å². The van der Waals surface area contributed by atoms with Gasteiger partial charge in [-0.05, 0) is 99.3 Å². The first-order chi connectivity index (χ1) is 30.6. The topological polar surface area (TPSA) is 225 Å². The summed E-state index contributed by atoms with van der Waals surface area (Å²) in [5, 5.41) is 32.4. The lowest BCUT2D eigenvalue weighted by Gasteiger charge is -2.47. The maximum atomic E-state index is 14.4. The van der Waals surface area contributed by atoms with E-state index in [2.05, 4.69) is 28.1 Å². The molecule has 1 aromatic heterocycles. The number of fused-ring (bicyclic) bond motifs is 1. The number of ether oxygens (including phenoxy) is 6. The van der Waals surface area contributed by atoms with E-state index in [1.807, 2.05) is 76.0 Å². The first-order valence-electron chi connectivity index (χ1n) is 23.0. The summed E-state index contributed by atoms with van der Waals surface area (Å²) in [6.07, 6.45) is -3.38. The number of unbranched alkanes of at least 4 members (excludes halogenated alkanes) is 1. The second-order valence-electron chi connectivity index (χ2n) is 19.2. The van der Waals surface area contributed by atoms with Gasteiger partial charge in [0.05, 0.1) is 29.9 Å². The molecule has 3 fully saturated rings. The van der Waals surface area contributed by atoms with E-state index in [-0.39, 0.29) is 37.5 Å². The lowest BCUT2D eigenvalue weighted by Crippen LogP contribution is -2.59. The molecule has 4 heterocycles. The molecule has 0 saturated carbocycles. The van der Waals surface area contributed by atoms with Crippen LogP contribution in [0.15, 0.2) is 30.5 Å². The number of hydrogen-bond donors (Lipinski definition) is 4. The Morgan fingerprint density at radius 2 is 1.72 bits per heavy atom. The first kappa shape index (κ1) is 51.6. The molecule has 3 saturated heterocycles. The van der Waals surface area contributed by atoms with Crippen LogP contribution in [0.4, 0.5) is 9.59 Å². The molecule has 19 nitrogen and oxygen atoms in total. The van der Waals surface area contributed by atoms with Gasteiger partial charge in [-0.25, -0.2) is 19.7 Å². The number of aryl methyl sites for hydroxylation is 1. The number of aliphatic hydroxyl groups excluding tert-OH is 1. The number of carbonyl (C=O) groups excluding carboxylic acids is 4. The minimum atomic E-state index is -1.69. The van der Waals surface area contributed by atoms with Gasteiger partial charge in [0.15, 0.2) is 18.0 Å². The lowest BCUT2D eigenvalue weighted by atomic mass is 9.77. The van der Waals surface area contributed by atoms with Gasteiger partial charge in [-0.1, -0.05) is 63.6 Å². The van der Waals surface area contributed by atoms with Crippen LogP contribution in [-0.2, 0) is 51.0 Å². The molecule has 2 amide bonds. The fraction of sp³-hybridized carbons (Fsp3) is 0.739. The number of benzene rings is 1. The number of amides is 2. The molecule has 65 heavy (non-hydrogen) atoms. The maximum absolute atomic E-state index is 14.4. The third kappa shape index (κ3) is 12.5. The zero-order chi connectivity index (χ0) is 48.0. The molecular formula is C46H73N7O12. The van der Waals surface area contributed by atoms with Gasteiger partial charge in [-0.15, -0.1) is 5.10 Å². The van der Waals surface area contributed by atoms with E-state index in [1.165, 1.54) is 17.2 Å². The highest BCUT2D eigenvalue weighted by molar-refractivity contribution is 5.79. The van der Waals surface area contributed by atoms with E-state index in [1.54, 1.807) is 33.9 Å². The highest BCUT2D eigenvalue weighted by atomic mass is 16.8. The summed E-state index contributed by atoms with van der Waals surface area (Å²) in [5.74, 6) is -3.88. The van der Waals surface area contributed by atoms with Crippen LogP contribution in [0.25, 0.3) is 11.3 Å². The maximum Gasteiger partial charge on any atom is 0.509 e. The molecule has 0 bridgehead atoms. The Bertz CT molecular complexity index is 1910. The van der Waals surface area contributed by atoms with Crippen molar-refractivity contribution in [3.63, 3.8) is 0 Å². The number of carbonyl (C=O) groups is 4. The van der Waals surface area contributed by atoms with Gasteiger partial charge >= 0.3 is 18.2 Å². The molecule has 3 aliphatic rings. The molecule has 0 unspecified atom stereocenters. The summed E-state index contributed by atoms with van der Waals surface area (Å²) in [6, 6.07) is 7.25. The number of hydrazine groups is 1.